The Morgan fingerprint density at radius 3 is 2.21 bits per heavy atom. The van der Waals surface area contributed by atoms with Crippen molar-refractivity contribution in [3.8, 4) is 5.75 Å². The molecule has 170 valence electrons. The van der Waals surface area contributed by atoms with E-state index in [1.54, 1.807) is 31.4 Å². The van der Waals surface area contributed by atoms with Crippen LogP contribution in [0.2, 0.25) is 0 Å². The first-order valence-electron chi connectivity index (χ1n) is 11.1. The molecule has 33 heavy (non-hydrogen) atoms. The van der Waals surface area contributed by atoms with E-state index in [4.69, 9.17) is 9.47 Å². The van der Waals surface area contributed by atoms with E-state index in [9.17, 15) is 9.59 Å². The van der Waals surface area contributed by atoms with Crippen molar-refractivity contribution in [2.75, 3.05) is 25.6 Å². The number of hydrogen-bond acceptors (Lipinski definition) is 4. The van der Waals surface area contributed by atoms with Gasteiger partial charge in [0, 0.05) is 31.0 Å². The molecule has 3 aromatic carbocycles. The van der Waals surface area contributed by atoms with E-state index in [1.165, 1.54) is 0 Å². The summed E-state index contributed by atoms with van der Waals surface area (Å²) in [5.41, 5.74) is 2.51. The monoisotopic (exact) mass is 444 g/mol. The van der Waals surface area contributed by atoms with Crippen molar-refractivity contribution in [1.82, 2.24) is 5.32 Å². The number of carbonyl (C=O) groups is 2. The SMILES string of the molecule is COc1ccc(C2(C(=O)Nc3ccc(C(=O)NCc4ccccc4)cc3)CCOCC2)cc1. The Hall–Kier alpha value is -3.64. The molecule has 6 nitrogen and oxygen atoms in total. The van der Waals surface area contributed by atoms with E-state index in [1.807, 2.05) is 54.6 Å². The Morgan fingerprint density at radius 2 is 1.58 bits per heavy atom. The van der Waals surface area contributed by atoms with Gasteiger partial charge in [0.1, 0.15) is 5.75 Å². The molecule has 0 aliphatic carbocycles. The molecule has 1 saturated heterocycles. The van der Waals surface area contributed by atoms with Crippen LogP contribution >= 0.6 is 0 Å². The normalized spacial score (nSPS) is 14.8. The summed E-state index contributed by atoms with van der Waals surface area (Å²) in [6.07, 6.45) is 1.20. The van der Waals surface area contributed by atoms with Crippen LogP contribution in [0.25, 0.3) is 0 Å². The molecule has 1 fully saturated rings. The van der Waals surface area contributed by atoms with Crippen LogP contribution in [0.3, 0.4) is 0 Å². The summed E-state index contributed by atoms with van der Waals surface area (Å²) in [7, 11) is 1.62. The summed E-state index contributed by atoms with van der Waals surface area (Å²) in [5.74, 6) is 0.524. The van der Waals surface area contributed by atoms with Crippen LogP contribution in [-0.4, -0.2) is 32.1 Å². The second-order valence-electron chi connectivity index (χ2n) is 8.12. The Kier molecular flexibility index (Phi) is 7.05. The fraction of sp³-hybridized carbons (Fsp3) is 0.259. The maximum absolute atomic E-state index is 13.4. The fourth-order valence-electron chi connectivity index (χ4n) is 4.11. The zero-order valence-corrected chi connectivity index (χ0v) is 18.7. The van der Waals surface area contributed by atoms with Crippen molar-refractivity contribution in [1.29, 1.82) is 0 Å². The van der Waals surface area contributed by atoms with Crippen LogP contribution < -0.4 is 15.4 Å². The Bertz CT molecular complexity index is 1070. The van der Waals surface area contributed by atoms with Crippen LogP contribution in [0.15, 0.2) is 78.9 Å². The molecule has 2 amide bonds. The van der Waals surface area contributed by atoms with Crippen LogP contribution in [0.1, 0.15) is 34.3 Å². The van der Waals surface area contributed by atoms with Gasteiger partial charge in [-0.2, -0.15) is 0 Å². The molecule has 6 heteroatoms. The first-order valence-corrected chi connectivity index (χ1v) is 11.1. The zero-order chi connectivity index (χ0) is 23.1. The second kappa shape index (κ2) is 10.3. The third-order valence-corrected chi connectivity index (χ3v) is 6.12. The Balaban J connectivity index is 1.44. The van der Waals surface area contributed by atoms with Crippen molar-refractivity contribution in [2.24, 2.45) is 0 Å². The highest BCUT2D eigenvalue weighted by Gasteiger charge is 2.41. The van der Waals surface area contributed by atoms with Gasteiger partial charge in [-0.25, -0.2) is 0 Å². The van der Waals surface area contributed by atoms with E-state index in [-0.39, 0.29) is 11.8 Å². The van der Waals surface area contributed by atoms with E-state index in [0.29, 0.717) is 43.9 Å². The van der Waals surface area contributed by atoms with Gasteiger partial charge in [0.2, 0.25) is 5.91 Å². The van der Waals surface area contributed by atoms with Gasteiger partial charge in [-0.3, -0.25) is 9.59 Å². The second-order valence-corrected chi connectivity index (χ2v) is 8.12. The van der Waals surface area contributed by atoms with Crippen molar-refractivity contribution < 1.29 is 19.1 Å². The zero-order valence-electron chi connectivity index (χ0n) is 18.7. The average molecular weight is 445 g/mol. The number of methoxy groups -OCH3 is 1. The van der Waals surface area contributed by atoms with Crippen LogP contribution in [0, 0.1) is 0 Å². The molecule has 0 spiro atoms. The number of ether oxygens (including phenoxy) is 2. The third-order valence-electron chi connectivity index (χ3n) is 6.12. The molecule has 0 aromatic heterocycles. The van der Waals surface area contributed by atoms with Crippen molar-refractivity contribution in [3.63, 3.8) is 0 Å². The minimum Gasteiger partial charge on any atom is -0.497 e. The van der Waals surface area contributed by atoms with Gasteiger partial charge in [0.05, 0.1) is 12.5 Å². The van der Waals surface area contributed by atoms with E-state index in [0.717, 1.165) is 16.9 Å². The van der Waals surface area contributed by atoms with Gasteiger partial charge in [-0.15, -0.1) is 0 Å². The average Bonchev–Trinajstić information content (AvgIpc) is 2.88. The van der Waals surface area contributed by atoms with Crippen molar-refractivity contribution >= 4 is 17.5 Å². The summed E-state index contributed by atoms with van der Waals surface area (Å²) < 4.78 is 10.8. The maximum Gasteiger partial charge on any atom is 0.251 e. The number of hydrogen-bond donors (Lipinski definition) is 2. The standard InChI is InChI=1S/C27H28N2O4/c1-32-24-13-9-22(10-14-24)27(15-17-33-18-16-27)26(31)29-23-11-7-21(8-12-23)25(30)28-19-20-5-3-2-4-6-20/h2-14H,15-19H2,1H3,(H,28,30)(H,29,31). The molecule has 0 atom stereocenters. The molecule has 2 N–H and O–H groups in total. The number of anilines is 1. The van der Waals surface area contributed by atoms with Gasteiger partial charge in [-0.05, 0) is 60.4 Å². The summed E-state index contributed by atoms with van der Waals surface area (Å²) in [5, 5.41) is 5.96. The van der Waals surface area contributed by atoms with Crippen LogP contribution in [0.5, 0.6) is 5.75 Å². The largest absolute Gasteiger partial charge is 0.497 e. The molecular weight excluding hydrogens is 416 g/mol. The molecule has 0 bridgehead atoms. The van der Waals surface area contributed by atoms with E-state index in [2.05, 4.69) is 10.6 Å². The van der Waals surface area contributed by atoms with E-state index >= 15 is 0 Å². The van der Waals surface area contributed by atoms with Crippen LogP contribution in [-0.2, 0) is 21.5 Å². The lowest BCUT2D eigenvalue weighted by Crippen LogP contribution is -2.44. The van der Waals surface area contributed by atoms with Gasteiger partial charge < -0.3 is 20.1 Å². The third kappa shape index (κ3) is 5.23. The number of benzene rings is 3. The fourth-order valence-corrected chi connectivity index (χ4v) is 4.11. The number of nitrogens with one attached hydrogen (secondary N) is 2. The van der Waals surface area contributed by atoms with Crippen molar-refractivity contribution in [3.05, 3.63) is 95.6 Å². The quantitative estimate of drug-likeness (QED) is 0.569. The topological polar surface area (TPSA) is 76.7 Å². The highest BCUT2D eigenvalue weighted by atomic mass is 16.5. The number of carbonyl (C=O) groups excluding carboxylic acids is 2. The smallest absolute Gasteiger partial charge is 0.251 e. The number of amides is 2. The molecule has 0 radical (unpaired) electrons. The minimum absolute atomic E-state index is 0.0720. The molecule has 1 heterocycles. The van der Waals surface area contributed by atoms with E-state index < -0.39 is 5.41 Å². The summed E-state index contributed by atoms with van der Waals surface area (Å²) >= 11 is 0. The molecule has 1 aliphatic rings. The first-order chi connectivity index (χ1) is 16.1. The predicted octanol–water partition coefficient (Wildman–Crippen LogP) is 4.31. The summed E-state index contributed by atoms with van der Waals surface area (Å²) in [4.78, 5) is 25.9. The highest BCUT2D eigenvalue weighted by Crippen LogP contribution is 2.37. The summed E-state index contributed by atoms with van der Waals surface area (Å²) in [6.45, 7) is 1.52. The van der Waals surface area contributed by atoms with Crippen molar-refractivity contribution in [2.45, 2.75) is 24.8 Å². The molecule has 4 rings (SSSR count). The van der Waals surface area contributed by atoms with Crippen LogP contribution in [0.4, 0.5) is 5.69 Å². The first kappa shape index (κ1) is 22.6. The Labute approximate surface area is 193 Å². The Morgan fingerprint density at radius 1 is 0.909 bits per heavy atom. The minimum atomic E-state index is -0.670. The predicted molar refractivity (Wildman–Crippen MR) is 127 cm³/mol. The molecule has 0 saturated carbocycles. The van der Waals surface area contributed by atoms with Gasteiger partial charge in [0.25, 0.3) is 5.91 Å². The molecular formula is C27H28N2O4. The molecule has 0 unspecified atom stereocenters. The molecule has 1 aliphatic heterocycles. The van der Waals surface area contributed by atoms with Gasteiger partial charge in [-0.1, -0.05) is 42.5 Å². The summed E-state index contributed by atoms with van der Waals surface area (Å²) in [6, 6.07) is 24.4. The molecule has 3 aromatic rings. The highest BCUT2D eigenvalue weighted by molar-refractivity contribution is 6.00. The lowest BCUT2D eigenvalue weighted by atomic mass is 9.73. The lowest BCUT2D eigenvalue weighted by molar-refractivity contribution is -0.125. The lowest BCUT2D eigenvalue weighted by Gasteiger charge is -2.36. The van der Waals surface area contributed by atoms with Gasteiger partial charge in [0.15, 0.2) is 0 Å². The number of rotatable bonds is 7. The maximum atomic E-state index is 13.4. The van der Waals surface area contributed by atoms with Gasteiger partial charge >= 0.3 is 0 Å².